The van der Waals surface area contributed by atoms with Crippen LogP contribution in [0.4, 0.5) is 0 Å². The maximum atomic E-state index is 12.8. The normalized spacial score (nSPS) is 12.6. The van der Waals surface area contributed by atoms with Crippen LogP contribution in [0, 0.1) is 0 Å². The third kappa shape index (κ3) is 61.4. The first-order valence-electron chi connectivity index (χ1n) is 32.6. The number of allylic oxidation sites excluding steroid dienone is 14. The van der Waals surface area contributed by atoms with Crippen molar-refractivity contribution in [1.82, 2.24) is 0 Å². The van der Waals surface area contributed by atoms with E-state index in [4.69, 9.17) is 14.2 Å². The molecule has 0 spiro atoms. The van der Waals surface area contributed by atoms with Gasteiger partial charge in [0.1, 0.15) is 13.2 Å². The topological polar surface area (TPSA) is 78.9 Å². The van der Waals surface area contributed by atoms with Gasteiger partial charge in [-0.05, 0) is 77.0 Å². The van der Waals surface area contributed by atoms with Crippen molar-refractivity contribution in [3.05, 3.63) is 85.1 Å². The van der Waals surface area contributed by atoms with Crippen LogP contribution < -0.4 is 0 Å². The molecule has 0 rings (SSSR count). The summed E-state index contributed by atoms with van der Waals surface area (Å²) in [7, 11) is 0. The predicted octanol–water partition coefficient (Wildman–Crippen LogP) is 22.3. The molecule has 0 aliphatic carbocycles. The van der Waals surface area contributed by atoms with Crippen molar-refractivity contribution in [3.63, 3.8) is 0 Å². The summed E-state index contributed by atoms with van der Waals surface area (Å²) in [5, 5.41) is 0. The predicted molar refractivity (Wildman–Crippen MR) is 330 cm³/mol. The fraction of sp³-hybridized carbons (Fsp3) is 0.757. The maximum absolute atomic E-state index is 12.8. The molecule has 0 N–H and O–H groups in total. The van der Waals surface area contributed by atoms with Crippen molar-refractivity contribution in [1.29, 1.82) is 0 Å². The standard InChI is InChI=1S/C70H122O6/c1-4-7-10-13-15-17-19-21-23-25-27-28-29-30-31-32-33-34-35-36-37-38-39-40-41-42-43-45-46-48-50-52-54-57-60-63-69(72)75-66-67(65-74-68(71)62-59-56-12-9-6-3)76-70(73)64-61-58-55-53-51-49-47-44-26-24-22-20-18-16-14-11-8-5-2/h7,10,15,17,21,23,27-28,30-31,33-34,36-37,67H,4-6,8-9,11-14,16,18-20,22,24-26,29,32,35,38-66H2,1-3H3/b10-7-,17-15-,23-21-,28-27-,31-30-,34-33-,37-36-. The van der Waals surface area contributed by atoms with Crippen LogP contribution in [0.5, 0.6) is 0 Å². The van der Waals surface area contributed by atoms with Crippen molar-refractivity contribution >= 4 is 17.9 Å². The largest absolute Gasteiger partial charge is 0.462 e. The Kier molecular flexibility index (Phi) is 61.2. The molecule has 6 nitrogen and oxygen atoms in total. The minimum atomic E-state index is -0.769. The smallest absolute Gasteiger partial charge is 0.306 e. The Balaban J connectivity index is 3.97. The lowest BCUT2D eigenvalue weighted by Gasteiger charge is -2.18. The summed E-state index contributed by atoms with van der Waals surface area (Å²) in [5.74, 6) is -0.873. The van der Waals surface area contributed by atoms with Gasteiger partial charge in [-0.25, -0.2) is 0 Å². The van der Waals surface area contributed by atoms with Gasteiger partial charge >= 0.3 is 17.9 Å². The lowest BCUT2D eigenvalue weighted by molar-refractivity contribution is -0.167. The Hall–Kier alpha value is -3.41. The van der Waals surface area contributed by atoms with Crippen LogP contribution in [0.15, 0.2) is 85.1 Å². The van der Waals surface area contributed by atoms with Gasteiger partial charge in [0, 0.05) is 19.3 Å². The third-order valence-corrected chi connectivity index (χ3v) is 14.2. The highest BCUT2D eigenvalue weighted by molar-refractivity contribution is 5.71. The molecular weight excluding hydrogens is 937 g/mol. The summed E-state index contributed by atoms with van der Waals surface area (Å²) in [5.41, 5.74) is 0. The second-order valence-electron chi connectivity index (χ2n) is 21.7. The van der Waals surface area contributed by atoms with Gasteiger partial charge in [-0.3, -0.25) is 14.4 Å². The molecule has 0 fully saturated rings. The first-order chi connectivity index (χ1) is 37.5. The molecule has 76 heavy (non-hydrogen) atoms. The molecule has 0 saturated carbocycles. The molecule has 0 aromatic carbocycles. The highest BCUT2D eigenvalue weighted by atomic mass is 16.6. The first kappa shape index (κ1) is 72.6. The number of carbonyl (C=O) groups excluding carboxylic acids is 3. The third-order valence-electron chi connectivity index (χ3n) is 14.2. The number of rotatable bonds is 59. The molecule has 0 heterocycles. The molecule has 1 atom stereocenters. The van der Waals surface area contributed by atoms with Crippen molar-refractivity contribution in [2.75, 3.05) is 13.2 Å². The summed E-state index contributed by atoms with van der Waals surface area (Å²) < 4.78 is 16.8. The number of hydrogen-bond donors (Lipinski definition) is 0. The SMILES string of the molecule is CC/C=C\C/C=C\C/C=C\C/C=C\C/C=C\C/C=C\C/C=C\CCCCCCCCCCCCCCCC(=O)OCC(COC(=O)CCCCCCC)OC(=O)CCCCCCCCCCCCCCCCCCCC. The zero-order valence-electron chi connectivity index (χ0n) is 50.3. The number of carbonyl (C=O) groups is 3. The van der Waals surface area contributed by atoms with Crippen LogP contribution >= 0.6 is 0 Å². The molecule has 6 heteroatoms. The van der Waals surface area contributed by atoms with E-state index in [2.05, 4.69) is 106 Å². The van der Waals surface area contributed by atoms with E-state index in [0.29, 0.717) is 19.3 Å². The van der Waals surface area contributed by atoms with Crippen LogP contribution in [0.2, 0.25) is 0 Å². The molecule has 1 unspecified atom stereocenters. The highest BCUT2D eigenvalue weighted by Crippen LogP contribution is 2.17. The molecule has 0 bridgehead atoms. The Morgan fingerprint density at radius 1 is 0.276 bits per heavy atom. The zero-order valence-corrected chi connectivity index (χ0v) is 50.3. The van der Waals surface area contributed by atoms with Crippen molar-refractivity contribution < 1.29 is 28.6 Å². The van der Waals surface area contributed by atoms with E-state index in [1.165, 1.54) is 173 Å². The van der Waals surface area contributed by atoms with Crippen molar-refractivity contribution in [3.8, 4) is 0 Å². The molecule has 0 aliphatic rings. The summed E-state index contributed by atoms with van der Waals surface area (Å²) in [6.07, 6.45) is 85.1. The van der Waals surface area contributed by atoms with Crippen LogP contribution in [0.3, 0.4) is 0 Å². The fourth-order valence-electron chi connectivity index (χ4n) is 9.31. The quantitative estimate of drug-likeness (QED) is 0.0261. The van der Waals surface area contributed by atoms with Crippen molar-refractivity contribution in [2.24, 2.45) is 0 Å². The minimum absolute atomic E-state index is 0.0723. The number of esters is 3. The molecule has 0 aromatic rings. The number of unbranched alkanes of at least 4 members (excludes halogenated alkanes) is 34. The summed E-state index contributed by atoms with van der Waals surface area (Å²) in [6.45, 7) is 6.48. The molecule has 0 amide bonds. The van der Waals surface area contributed by atoms with E-state index in [1.807, 2.05) is 0 Å². The Morgan fingerprint density at radius 3 is 0.803 bits per heavy atom. The van der Waals surface area contributed by atoms with E-state index in [0.717, 1.165) is 109 Å². The van der Waals surface area contributed by atoms with Crippen LogP contribution in [-0.2, 0) is 28.6 Å². The van der Waals surface area contributed by atoms with Crippen LogP contribution in [0.25, 0.3) is 0 Å². The van der Waals surface area contributed by atoms with E-state index >= 15 is 0 Å². The highest BCUT2D eigenvalue weighted by Gasteiger charge is 2.19. The van der Waals surface area contributed by atoms with E-state index in [9.17, 15) is 14.4 Å². The van der Waals surface area contributed by atoms with Gasteiger partial charge in [0.15, 0.2) is 6.10 Å². The van der Waals surface area contributed by atoms with Gasteiger partial charge in [-0.1, -0.05) is 311 Å². The van der Waals surface area contributed by atoms with E-state index in [1.54, 1.807) is 0 Å². The monoisotopic (exact) mass is 1060 g/mol. The van der Waals surface area contributed by atoms with Gasteiger partial charge in [0.05, 0.1) is 0 Å². The van der Waals surface area contributed by atoms with Gasteiger partial charge in [-0.15, -0.1) is 0 Å². The fourth-order valence-corrected chi connectivity index (χ4v) is 9.31. The molecule has 0 saturated heterocycles. The zero-order chi connectivity index (χ0) is 55.0. The minimum Gasteiger partial charge on any atom is -0.462 e. The average molecular weight is 1060 g/mol. The second kappa shape index (κ2) is 64.1. The molecule has 0 aliphatic heterocycles. The molecule has 0 radical (unpaired) electrons. The molecule has 0 aromatic heterocycles. The summed E-state index contributed by atoms with van der Waals surface area (Å²) in [6, 6.07) is 0. The van der Waals surface area contributed by atoms with Crippen LogP contribution in [0.1, 0.15) is 323 Å². The van der Waals surface area contributed by atoms with Crippen LogP contribution in [-0.4, -0.2) is 37.2 Å². The Labute approximate surface area is 471 Å². The lowest BCUT2D eigenvalue weighted by atomic mass is 10.0. The molecular formula is C70H122O6. The number of hydrogen-bond acceptors (Lipinski definition) is 6. The van der Waals surface area contributed by atoms with Gasteiger partial charge in [0.2, 0.25) is 0 Å². The maximum Gasteiger partial charge on any atom is 0.306 e. The Bertz CT molecular complexity index is 1450. The second-order valence-corrected chi connectivity index (χ2v) is 21.7. The number of ether oxygens (including phenoxy) is 3. The summed E-state index contributed by atoms with van der Waals surface area (Å²) >= 11 is 0. The molecule has 438 valence electrons. The first-order valence-corrected chi connectivity index (χ1v) is 32.6. The van der Waals surface area contributed by atoms with Crippen molar-refractivity contribution in [2.45, 2.75) is 329 Å². The lowest BCUT2D eigenvalue weighted by Crippen LogP contribution is -2.30. The van der Waals surface area contributed by atoms with Gasteiger partial charge in [-0.2, -0.15) is 0 Å². The van der Waals surface area contributed by atoms with E-state index in [-0.39, 0.29) is 31.1 Å². The summed E-state index contributed by atoms with van der Waals surface area (Å²) in [4.78, 5) is 37.9. The average Bonchev–Trinajstić information content (AvgIpc) is 3.42. The van der Waals surface area contributed by atoms with Gasteiger partial charge in [0.25, 0.3) is 0 Å². The van der Waals surface area contributed by atoms with E-state index < -0.39 is 6.10 Å². The Morgan fingerprint density at radius 2 is 0.513 bits per heavy atom. The van der Waals surface area contributed by atoms with Gasteiger partial charge < -0.3 is 14.2 Å².